The zero-order valence-electron chi connectivity index (χ0n) is 13.9. The fourth-order valence-electron chi connectivity index (χ4n) is 2.79. The summed E-state index contributed by atoms with van der Waals surface area (Å²) in [5, 5.41) is 6.53. The number of carbonyl (C=O) groups excluding carboxylic acids is 1. The van der Waals surface area contributed by atoms with E-state index in [1.165, 1.54) is 0 Å². The third kappa shape index (κ3) is 4.12. The van der Waals surface area contributed by atoms with Gasteiger partial charge in [-0.05, 0) is 37.0 Å². The first-order valence-corrected chi connectivity index (χ1v) is 9.13. The van der Waals surface area contributed by atoms with Gasteiger partial charge in [0.1, 0.15) is 0 Å². The number of rotatable bonds is 4. The Bertz CT molecular complexity index is 786. The topological polar surface area (TPSA) is 77.0 Å². The van der Waals surface area contributed by atoms with Gasteiger partial charge in [-0.1, -0.05) is 23.9 Å². The number of carbonyl (C=O) groups is 1. The summed E-state index contributed by atoms with van der Waals surface area (Å²) in [5.41, 5.74) is 1.38. The minimum atomic E-state index is -4.65. The van der Waals surface area contributed by atoms with Crippen molar-refractivity contribution in [2.75, 3.05) is 18.9 Å². The van der Waals surface area contributed by atoms with Crippen molar-refractivity contribution in [2.24, 2.45) is 0 Å². The Morgan fingerprint density at radius 1 is 1.19 bits per heavy atom. The number of nitrogens with zero attached hydrogens (tertiary/aromatic N) is 4. The number of hydrogen-bond acceptors (Lipinski definition) is 5. The molecule has 1 amide bonds. The molecule has 1 aromatic heterocycles. The average molecular weight is 385 g/mol. The third-order valence-electron chi connectivity index (χ3n) is 4.10. The fourth-order valence-corrected chi connectivity index (χ4v) is 3.59. The summed E-state index contributed by atoms with van der Waals surface area (Å²) >= 11 is 1.03. The molecule has 0 radical (unpaired) electrons. The number of likely N-dealkylation sites (tertiary alicyclic amines) is 1. The predicted octanol–water partition coefficient (Wildman–Crippen LogP) is 2.93. The van der Waals surface area contributed by atoms with Gasteiger partial charge in [-0.15, -0.1) is 10.2 Å². The molecule has 6 nitrogen and oxygen atoms in total. The van der Waals surface area contributed by atoms with Gasteiger partial charge in [-0.2, -0.15) is 13.2 Å². The molecule has 26 heavy (non-hydrogen) atoms. The molecule has 1 aromatic carbocycles. The zero-order valence-corrected chi connectivity index (χ0v) is 14.7. The second kappa shape index (κ2) is 7.56. The molecular weight excluding hydrogens is 367 g/mol. The first-order valence-electron chi connectivity index (χ1n) is 8.15. The molecule has 0 aliphatic carbocycles. The van der Waals surface area contributed by atoms with Crippen molar-refractivity contribution in [3.63, 3.8) is 0 Å². The molecule has 2 N–H and O–H groups in total. The molecule has 0 atom stereocenters. The van der Waals surface area contributed by atoms with Gasteiger partial charge in [0.15, 0.2) is 0 Å². The largest absolute Gasteiger partial charge is 0.453 e. The summed E-state index contributed by atoms with van der Waals surface area (Å²) in [6, 6.07) is 7.08. The number of nitrogen functional groups attached to an aromatic ring is 1. The van der Waals surface area contributed by atoms with Crippen LogP contribution >= 0.6 is 11.8 Å². The molecule has 1 aliphatic heterocycles. The molecule has 0 spiro atoms. The summed E-state index contributed by atoms with van der Waals surface area (Å²) < 4.78 is 38.5. The van der Waals surface area contributed by atoms with Crippen LogP contribution in [-0.2, 0) is 11.9 Å². The number of halogens is 3. The van der Waals surface area contributed by atoms with Gasteiger partial charge in [0.2, 0.25) is 5.16 Å². The van der Waals surface area contributed by atoms with Crippen LogP contribution in [0.25, 0.3) is 0 Å². The molecule has 2 aromatic rings. The summed E-state index contributed by atoms with van der Waals surface area (Å²) in [5.74, 6) is 4.49. The van der Waals surface area contributed by atoms with Crippen LogP contribution in [0.4, 0.5) is 13.2 Å². The number of nitrogens with two attached hydrogens (primary N) is 1. The fraction of sp³-hybridized carbons (Fsp3) is 0.438. The number of hydrogen-bond donors (Lipinski definition) is 1. The number of alkyl halides is 3. The van der Waals surface area contributed by atoms with E-state index in [0.29, 0.717) is 16.0 Å². The van der Waals surface area contributed by atoms with E-state index >= 15 is 0 Å². The maximum atomic E-state index is 12.7. The molecule has 2 heterocycles. The number of piperidine rings is 1. The first-order chi connectivity index (χ1) is 12.4. The smallest absolute Gasteiger partial charge is 0.339 e. The van der Waals surface area contributed by atoms with Crippen molar-refractivity contribution in [2.45, 2.75) is 36.3 Å². The second-order valence-corrected chi connectivity index (χ2v) is 6.96. The van der Waals surface area contributed by atoms with Crippen LogP contribution in [0.3, 0.4) is 0 Å². The lowest BCUT2D eigenvalue weighted by molar-refractivity contribution is -0.146. The summed E-state index contributed by atoms with van der Waals surface area (Å²) in [6.07, 6.45) is -1.49. The van der Waals surface area contributed by atoms with E-state index in [-0.39, 0.29) is 11.1 Å². The van der Waals surface area contributed by atoms with E-state index in [4.69, 9.17) is 5.84 Å². The van der Waals surface area contributed by atoms with E-state index in [1.54, 1.807) is 18.2 Å². The molecule has 0 saturated carbocycles. The van der Waals surface area contributed by atoms with Gasteiger partial charge in [0.25, 0.3) is 11.7 Å². The summed E-state index contributed by atoms with van der Waals surface area (Å²) in [7, 11) is 0. The molecule has 0 unspecified atom stereocenters. The van der Waals surface area contributed by atoms with Crippen LogP contribution in [0.5, 0.6) is 0 Å². The van der Waals surface area contributed by atoms with Crippen LogP contribution in [0.1, 0.15) is 41.0 Å². The van der Waals surface area contributed by atoms with Gasteiger partial charge in [-0.25, -0.2) is 4.68 Å². The van der Waals surface area contributed by atoms with E-state index in [0.717, 1.165) is 49.7 Å². The summed E-state index contributed by atoms with van der Waals surface area (Å²) in [4.78, 5) is 14.4. The number of benzene rings is 1. The molecule has 10 heteroatoms. The van der Waals surface area contributed by atoms with Crippen molar-refractivity contribution in [1.82, 2.24) is 19.8 Å². The highest BCUT2D eigenvalue weighted by Gasteiger charge is 2.38. The van der Waals surface area contributed by atoms with E-state index in [9.17, 15) is 18.0 Å². The Morgan fingerprint density at radius 2 is 1.92 bits per heavy atom. The van der Waals surface area contributed by atoms with Crippen molar-refractivity contribution in [3.8, 4) is 0 Å². The monoisotopic (exact) mass is 385 g/mol. The van der Waals surface area contributed by atoms with Gasteiger partial charge >= 0.3 is 6.18 Å². The van der Waals surface area contributed by atoms with Crippen LogP contribution in [0.2, 0.25) is 0 Å². The maximum Gasteiger partial charge on any atom is 0.453 e. The lowest BCUT2D eigenvalue weighted by Crippen LogP contribution is -2.35. The van der Waals surface area contributed by atoms with Crippen molar-refractivity contribution in [1.29, 1.82) is 0 Å². The normalized spacial score (nSPS) is 15.3. The van der Waals surface area contributed by atoms with Gasteiger partial charge < -0.3 is 10.7 Å². The Kier molecular flexibility index (Phi) is 5.40. The minimum absolute atomic E-state index is 0.0158. The second-order valence-electron chi connectivity index (χ2n) is 6.02. The lowest BCUT2D eigenvalue weighted by Gasteiger charge is -2.26. The standard InChI is InChI=1S/C16H18F3N5OS/c17-16(18,19)14-21-22-15(24(14)20)26-10-11-5-4-6-12(9-11)13(25)23-7-2-1-3-8-23/h4-6,9H,1-3,7-8,10,20H2. The number of amides is 1. The molecular formula is C16H18F3N5OS. The van der Waals surface area contributed by atoms with Crippen LogP contribution in [0, 0.1) is 0 Å². The Labute approximate surface area is 152 Å². The van der Waals surface area contributed by atoms with Crippen molar-refractivity contribution >= 4 is 17.7 Å². The molecule has 1 aliphatic rings. The van der Waals surface area contributed by atoms with E-state index in [2.05, 4.69) is 10.2 Å². The molecule has 1 saturated heterocycles. The van der Waals surface area contributed by atoms with E-state index in [1.807, 2.05) is 11.0 Å². The molecule has 0 bridgehead atoms. The highest BCUT2D eigenvalue weighted by atomic mass is 32.2. The van der Waals surface area contributed by atoms with Crippen LogP contribution in [-0.4, -0.2) is 38.8 Å². The van der Waals surface area contributed by atoms with Crippen molar-refractivity contribution < 1.29 is 18.0 Å². The minimum Gasteiger partial charge on any atom is -0.339 e. The van der Waals surface area contributed by atoms with Gasteiger partial charge in [0, 0.05) is 24.4 Å². The molecule has 3 rings (SSSR count). The van der Waals surface area contributed by atoms with E-state index < -0.39 is 12.0 Å². The van der Waals surface area contributed by atoms with Crippen LogP contribution in [0.15, 0.2) is 29.4 Å². The highest BCUT2D eigenvalue weighted by molar-refractivity contribution is 7.98. The van der Waals surface area contributed by atoms with Gasteiger partial charge in [-0.3, -0.25) is 4.79 Å². The first kappa shape index (κ1) is 18.6. The maximum absolute atomic E-state index is 12.7. The molecule has 1 fully saturated rings. The lowest BCUT2D eigenvalue weighted by atomic mass is 10.1. The predicted molar refractivity (Wildman–Crippen MR) is 90.9 cm³/mol. The number of thioether (sulfide) groups is 1. The Balaban J connectivity index is 1.68. The highest BCUT2D eigenvalue weighted by Crippen LogP contribution is 2.30. The third-order valence-corrected chi connectivity index (χ3v) is 5.12. The Morgan fingerprint density at radius 3 is 2.58 bits per heavy atom. The Hall–Kier alpha value is -2.23. The number of aromatic nitrogens is 3. The summed E-state index contributed by atoms with van der Waals surface area (Å²) in [6.45, 7) is 1.52. The molecule has 140 valence electrons. The SMILES string of the molecule is Nn1c(SCc2cccc(C(=O)N3CCCCC3)c2)nnc1C(F)(F)F. The van der Waals surface area contributed by atoms with Gasteiger partial charge in [0.05, 0.1) is 0 Å². The van der Waals surface area contributed by atoms with Crippen molar-refractivity contribution in [3.05, 3.63) is 41.2 Å². The van der Waals surface area contributed by atoms with Crippen LogP contribution < -0.4 is 5.84 Å². The quantitative estimate of drug-likeness (QED) is 0.647. The zero-order chi connectivity index (χ0) is 18.7. The average Bonchev–Trinajstić information content (AvgIpc) is 3.01.